The first-order chi connectivity index (χ1) is 8.43. The van der Waals surface area contributed by atoms with Gasteiger partial charge in [0.05, 0.1) is 11.6 Å². The summed E-state index contributed by atoms with van der Waals surface area (Å²) in [5.41, 5.74) is 5.43. The van der Waals surface area contributed by atoms with Gasteiger partial charge in [0.15, 0.2) is 5.78 Å². The number of nitrogens with two attached hydrogens (primary N) is 1. The number of aromatic carboxylic acids is 1. The van der Waals surface area contributed by atoms with E-state index < -0.39 is 23.8 Å². The minimum Gasteiger partial charge on any atom is -0.481 e. The first-order valence-corrected chi connectivity index (χ1v) is 5.27. The van der Waals surface area contributed by atoms with E-state index in [1.807, 2.05) is 0 Å². The van der Waals surface area contributed by atoms with Gasteiger partial charge in [-0.2, -0.15) is 0 Å². The number of carboxylic acid groups (broad SMARTS) is 2. The molecule has 0 aliphatic rings. The van der Waals surface area contributed by atoms with Gasteiger partial charge in [-0.05, 0) is 12.5 Å². The number of ketones is 1. The van der Waals surface area contributed by atoms with Crippen molar-refractivity contribution in [2.24, 2.45) is 5.73 Å². The summed E-state index contributed by atoms with van der Waals surface area (Å²) in [5.74, 6) is -2.83. The van der Waals surface area contributed by atoms with Gasteiger partial charge in [-0.25, -0.2) is 4.79 Å². The lowest BCUT2D eigenvalue weighted by Gasteiger charge is -2.11. The van der Waals surface area contributed by atoms with Crippen LogP contribution in [0.4, 0.5) is 0 Å². The van der Waals surface area contributed by atoms with Gasteiger partial charge < -0.3 is 15.9 Å². The van der Waals surface area contributed by atoms with E-state index in [2.05, 4.69) is 0 Å². The van der Waals surface area contributed by atoms with Crippen LogP contribution >= 0.6 is 0 Å². The number of Topliss-reactive ketones (excluding diaryl/α,β-unsaturated/α-hetero) is 1. The number of rotatable bonds is 6. The predicted molar refractivity (Wildman–Crippen MR) is 62.6 cm³/mol. The molecule has 1 aromatic carbocycles. The van der Waals surface area contributed by atoms with Gasteiger partial charge in [0.25, 0.3) is 0 Å². The molecule has 0 amide bonds. The van der Waals surface area contributed by atoms with Crippen molar-refractivity contribution < 1.29 is 24.6 Å². The van der Waals surface area contributed by atoms with Crippen LogP contribution in [0.2, 0.25) is 0 Å². The van der Waals surface area contributed by atoms with Gasteiger partial charge in [-0.1, -0.05) is 18.2 Å². The second-order valence-electron chi connectivity index (χ2n) is 3.75. The van der Waals surface area contributed by atoms with Crippen molar-refractivity contribution in [3.63, 3.8) is 0 Å². The van der Waals surface area contributed by atoms with Crippen LogP contribution in [0.25, 0.3) is 0 Å². The summed E-state index contributed by atoms with van der Waals surface area (Å²) in [5, 5.41) is 17.4. The Bertz CT molecular complexity index is 483. The normalized spacial score (nSPS) is 11.8. The minimum absolute atomic E-state index is 0.00267. The van der Waals surface area contributed by atoms with Gasteiger partial charge in [0.1, 0.15) is 0 Å². The smallest absolute Gasteiger partial charge is 0.336 e. The van der Waals surface area contributed by atoms with Crippen LogP contribution in [-0.2, 0) is 4.79 Å². The monoisotopic (exact) mass is 251 g/mol. The topological polar surface area (TPSA) is 118 Å². The first kappa shape index (κ1) is 13.9. The van der Waals surface area contributed by atoms with E-state index in [-0.39, 0.29) is 24.0 Å². The first-order valence-electron chi connectivity index (χ1n) is 5.27. The number of hydrogen-bond acceptors (Lipinski definition) is 4. The molecule has 6 nitrogen and oxygen atoms in total. The fourth-order valence-electron chi connectivity index (χ4n) is 1.49. The highest BCUT2D eigenvalue weighted by molar-refractivity contribution is 6.08. The SMILES string of the molecule is N[C@@H](CCC(=O)O)C(=O)c1ccccc1C(=O)O. The minimum atomic E-state index is -1.22. The number of aliphatic carboxylic acids is 1. The van der Waals surface area contributed by atoms with Crippen molar-refractivity contribution in [2.45, 2.75) is 18.9 Å². The maximum Gasteiger partial charge on any atom is 0.336 e. The van der Waals surface area contributed by atoms with Crippen molar-refractivity contribution in [2.75, 3.05) is 0 Å². The summed E-state index contributed by atoms with van der Waals surface area (Å²) in [6, 6.07) is 4.69. The standard InChI is InChI=1S/C12H13NO5/c13-9(5-6-10(14)15)11(16)7-3-1-2-4-8(7)12(17)18/h1-4,9H,5-6,13H2,(H,14,15)(H,17,18)/t9-/m0/s1. The average Bonchev–Trinajstić information content (AvgIpc) is 2.34. The molecular weight excluding hydrogens is 238 g/mol. The summed E-state index contributed by atoms with van der Waals surface area (Å²) in [6.45, 7) is 0. The van der Waals surface area contributed by atoms with Crippen LogP contribution in [0.15, 0.2) is 24.3 Å². The zero-order valence-electron chi connectivity index (χ0n) is 9.50. The lowest BCUT2D eigenvalue weighted by molar-refractivity contribution is -0.137. The molecule has 4 N–H and O–H groups in total. The molecule has 0 saturated carbocycles. The third-order valence-electron chi connectivity index (χ3n) is 2.43. The molecule has 18 heavy (non-hydrogen) atoms. The van der Waals surface area contributed by atoms with E-state index >= 15 is 0 Å². The summed E-state index contributed by atoms with van der Waals surface area (Å²) < 4.78 is 0. The third kappa shape index (κ3) is 3.39. The second kappa shape index (κ2) is 5.92. The molecule has 96 valence electrons. The molecule has 1 aromatic rings. The maximum atomic E-state index is 11.9. The van der Waals surface area contributed by atoms with E-state index in [1.54, 1.807) is 0 Å². The Morgan fingerprint density at radius 2 is 1.67 bits per heavy atom. The highest BCUT2D eigenvalue weighted by atomic mass is 16.4. The maximum absolute atomic E-state index is 11.9. The molecule has 0 aliphatic carbocycles. The molecule has 6 heteroatoms. The largest absolute Gasteiger partial charge is 0.481 e. The van der Waals surface area contributed by atoms with Crippen molar-refractivity contribution in [1.29, 1.82) is 0 Å². The average molecular weight is 251 g/mol. The Morgan fingerprint density at radius 3 is 2.17 bits per heavy atom. The number of carboxylic acids is 2. The highest BCUT2D eigenvalue weighted by Gasteiger charge is 2.21. The van der Waals surface area contributed by atoms with Gasteiger partial charge in [-0.3, -0.25) is 9.59 Å². The van der Waals surface area contributed by atoms with Crippen molar-refractivity contribution in [1.82, 2.24) is 0 Å². The lowest BCUT2D eigenvalue weighted by Crippen LogP contribution is -2.32. The second-order valence-corrected chi connectivity index (χ2v) is 3.75. The number of hydrogen-bond donors (Lipinski definition) is 3. The zero-order valence-corrected chi connectivity index (χ0v) is 9.50. The summed E-state index contributed by atoms with van der Waals surface area (Å²) in [4.78, 5) is 33.2. The molecule has 0 heterocycles. The van der Waals surface area contributed by atoms with Crippen LogP contribution in [0, 0.1) is 0 Å². The Kier molecular flexibility index (Phi) is 4.56. The molecule has 0 spiro atoms. The van der Waals surface area contributed by atoms with Crippen LogP contribution in [0.5, 0.6) is 0 Å². The Hall–Kier alpha value is -2.21. The molecule has 0 saturated heterocycles. The van der Waals surface area contributed by atoms with E-state index in [0.29, 0.717) is 0 Å². The Balaban J connectivity index is 2.90. The van der Waals surface area contributed by atoms with Gasteiger partial charge >= 0.3 is 11.9 Å². The number of carbonyl (C=O) groups excluding carboxylic acids is 1. The molecule has 0 aromatic heterocycles. The molecular formula is C12H13NO5. The molecule has 1 atom stereocenters. The highest BCUT2D eigenvalue weighted by Crippen LogP contribution is 2.12. The molecule has 0 bridgehead atoms. The quantitative estimate of drug-likeness (QED) is 0.642. The van der Waals surface area contributed by atoms with Gasteiger partial charge in [0, 0.05) is 12.0 Å². The third-order valence-corrected chi connectivity index (χ3v) is 2.43. The van der Waals surface area contributed by atoms with Gasteiger partial charge in [-0.15, -0.1) is 0 Å². The zero-order chi connectivity index (χ0) is 13.7. The lowest BCUT2D eigenvalue weighted by atomic mass is 9.97. The molecule has 0 radical (unpaired) electrons. The Labute approximate surface area is 103 Å². The predicted octanol–water partition coefficient (Wildman–Crippen LogP) is 0.760. The van der Waals surface area contributed by atoms with Crippen LogP contribution in [0.3, 0.4) is 0 Å². The van der Waals surface area contributed by atoms with Crippen LogP contribution in [0.1, 0.15) is 33.6 Å². The van der Waals surface area contributed by atoms with Crippen molar-refractivity contribution in [3.05, 3.63) is 35.4 Å². The van der Waals surface area contributed by atoms with E-state index in [0.717, 1.165) is 0 Å². The van der Waals surface area contributed by atoms with Gasteiger partial charge in [0.2, 0.25) is 0 Å². The van der Waals surface area contributed by atoms with E-state index in [4.69, 9.17) is 15.9 Å². The number of carbonyl (C=O) groups is 3. The molecule has 1 rings (SSSR count). The van der Waals surface area contributed by atoms with Crippen molar-refractivity contribution >= 4 is 17.7 Å². The summed E-state index contributed by atoms with van der Waals surface area (Å²) in [7, 11) is 0. The van der Waals surface area contributed by atoms with Crippen molar-refractivity contribution in [3.8, 4) is 0 Å². The Morgan fingerprint density at radius 1 is 1.11 bits per heavy atom. The van der Waals surface area contributed by atoms with Crippen LogP contribution < -0.4 is 5.73 Å². The molecule has 0 fully saturated rings. The summed E-state index contributed by atoms with van der Waals surface area (Å²) in [6.07, 6.45) is -0.260. The molecule has 0 aliphatic heterocycles. The fourth-order valence-corrected chi connectivity index (χ4v) is 1.49. The van der Waals surface area contributed by atoms with Crippen LogP contribution in [-0.4, -0.2) is 34.0 Å². The molecule has 0 unspecified atom stereocenters. The van der Waals surface area contributed by atoms with E-state index in [1.165, 1.54) is 24.3 Å². The number of benzene rings is 1. The summed E-state index contributed by atoms with van der Waals surface area (Å²) >= 11 is 0. The van der Waals surface area contributed by atoms with E-state index in [9.17, 15) is 14.4 Å². The fraction of sp³-hybridized carbons (Fsp3) is 0.250.